The fourth-order valence-electron chi connectivity index (χ4n) is 3.34. The molecule has 0 amide bonds. The fourth-order valence-corrected chi connectivity index (χ4v) is 4.24. The maximum Gasteiger partial charge on any atom is 0.577 e. The van der Waals surface area contributed by atoms with Crippen molar-refractivity contribution in [3.63, 3.8) is 0 Å². The predicted molar refractivity (Wildman–Crippen MR) is 130 cm³/mol. The molecule has 1 unspecified atom stereocenters. The average molecular weight is 428 g/mol. The molecule has 0 N–H and O–H groups in total. The second kappa shape index (κ2) is 10.0. The third-order valence-corrected chi connectivity index (χ3v) is 7.00. The van der Waals surface area contributed by atoms with Crippen molar-refractivity contribution >= 4 is 27.4 Å². The summed E-state index contributed by atoms with van der Waals surface area (Å²) in [6.45, 7) is 14.4. The Morgan fingerprint density at radius 2 is 1.68 bits per heavy atom. The van der Waals surface area contributed by atoms with Crippen LogP contribution in [-0.4, -0.2) is 20.0 Å². The number of hydrogen-bond acceptors (Lipinski definition) is 2. The lowest BCUT2D eigenvalue weighted by Crippen LogP contribution is -2.42. The summed E-state index contributed by atoms with van der Waals surface area (Å²) in [6, 6.07) is 22.7. The molecule has 0 bridgehead atoms. The first-order valence-electron chi connectivity index (χ1n) is 10.5. The topological polar surface area (TPSA) is 22.3 Å². The standard InChI is InChI=1S/C15H21NO.C12H10O.Al/c1-7-12(4)17-13(5)15-14(8-2)10-9-11(3)16(15)6;13-12-8-6-11(7-9-12)10-4-2-1-3-5-10;/h8-10H,2,5,7H2,1,3-4,6H3;1-9,13H;/q+1;;+1/p-1. The molecule has 0 spiro atoms. The third kappa shape index (κ3) is 5.47. The lowest BCUT2D eigenvalue weighted by Gasteiger charge is -2.29. The van der Waals surface area contributed by atoms with E-state index in [0.717, 1.165) is 29.1 Å². The van der Waals surface area contributed by atoms with E-state index in [0.29, 0.717) is 5.76 Å². The van der Waals surface area contributed by atoms with Crippen LogP contribution in [0.4, 0.5) is 0 Å². The van der Waals surface area contributed by atoms with E-state index < -0.39 is 20.0 Å². The van der Waals surface area contributed by atoms with Crippen LogP contribution in [0.15, 0.2) is 79.9 Å². The summed E-state index contributed by atoms with van der Waals surface area (Å²) in [5.41, 5.74) is 5.45. The van der Waals surface area contributed by atoms with E-state index in [1.54, 1.807) is 0 Å². The smallest absolute Gasteiger partial charge is 0.577 e. The van der Waals surface area contributed by atoms with Crippen LogP contribution in [0.2, 0.25) is 0 Å². The monoisotopic (exact) mass is 427 g/mol. The molecule has 4 heteroatoms. The molecule has 0 saturated heterocycles. The molecule has 1 atom stereocenters. The molecule has 31 heavy (non-hydrogen) atoms. The van der Waals surface area contributed by atoms with Crippen molar-refractivity contribution in [2.24, 2.45) is 7.05 Å². The summed E-state index contributed by atoms with van der Waals surface area (Å²) in [7, 11) is 2.02. The first kappa shape index (κ1) is 22.9. The Balaban J connectivity index is 1.71. The van der Waals surface area contributed by atoms with E-state index in [9.17, 15) is 0 Å². The van der Waals surface area contributed by atoms with Gasteiger partial charge in [0.1, 0.15) is 7.05 Å². The number of nitrogens with zero attached hydrogens (tertiary/aromatic N) is 1. The van der Waals surface area contributed by atoms with Crippen LogP contribution in [-0.2, 0) is 11.8 Å². The number of benzene rings is 2. The number of aromatic nitrogens is 1. The van der Waals surface area contributed by atoms with Crippen LogP contribution < -0.4 is 8.36 Å². The normalized spacial score (nSPS) is 12.5. The largest absolute Gasteiger partial charge is 0.646 e. The van der Waals surface area contributed by atoms with Crippen LogP contribution in [0.1, 0.15) is 37.2 Å². The number of ether oxygens (including phenoxy) is 1. The Kier molecular flexibility index (Phi) is 7.38. The van der Waals surface area contributed by atoms with Gasteiger partial charge in [0.15, 0.2) is 11.5 Å². The minimum absolute atomic E-state index is 0.426. The number of pyridine rings is 1. The highest BCUT2D eigenvalue weighted by molar-refractivity contribution is 6.33. The zero-order valence-electron chi connectivity index (χ0n) is 18.9. The molecule has 0 saturated carbocycles. The first-order valence-corrected chi connectivity index (χ1v) is 11.6. The molecule has 0 fully saturated rings. The van der Waals surface area contributed by atoms with Gasteiger partial charge in [0.2, 0.25) is 0 Å². The van der Waals surface area contributed by atoms with Crippen molar-refractivity contribution in [1.29, 1.82) is 0 Å². The highest BCUT2D eigenvalue weighted by atomic mass is 27.1. The second-order valence-corrected chi connectivity index (χ2v) is 9.55. The fraction of sp³-hybridized carbons (Fsp3) is 0.222. The van der Waals surface area contributed by atoms with Crippen molar-refractivity contribution in [2.45, 2.75) is 31.7 Å². The van der Waals surface area contributed by atoms with E-state index in [-0.39, 0.29) is 0 Å². The lowest BCUT2D eigenvalue weighted by atomic mass is 10.1. The number of rotatable bonds is 9. The van der Waals surface area contributed by atoms with Crippen LogP contribution in [0.25, 0.3) is 23.0 Å². The molecule has 0 aliphatic heterocycles. The van der Waals surface area contributed by atoms with Crippen molar-refractivity contribution < 1.29 is 13.1 Å². The molecule has 2 aromatic carbocycles. The quantitative estimate of drug-likeness (QED) is 0.239. The maximum atomic E-state index is 6.42. The second-order valence-electron chi connectivity index (χ2n) is 7.86. The summed E-state index contributed by atoms with van der Waals surface area (Å²) in [4.78, 5) is 0. The highest BCUT2D eigenvalue weighted by Gasteiger charge is 2.34. The van der Waals surface area contributed by atoms with Crippen LogP contribution in [0.3, 0.4) is 0 Å². The zero-order chi connectivity index (χ0) is 22.4. The van der Waals surface area contributed by atoms with Gasteiger partial charge in [0.25, 0.3) is 5.69 Å². The van der Waals surface area contributed by atoms with E-state index in [1.165, 1.54) is 11.1 Å². The minimum Gasteiger partial charge on any atom is -0.646 e. The molecule has 3 aromatic rings. The molecule has 0 aliphatic rings. The lowest BCUT2D eigenvalue weighted by molar-refractivity contribution is -0.680. The van der Waals surface area contributed by atoms with Gasteiger partial charge in [-0.05, 0) is 49.2 Å². The summed E-state index contributed by atoms with van der Waals surface area (Å²) >= 11 is -0.461. The van der Waals surface area contributed by atoms with E-state index >= 15 is 0 Å². The summed E-state index contributed by atoms with van der Waals surface area (Å²) in [6.07, 6.45) is 2.66. The predicted octanol–water partition coefficient (Wildman–Crippen LogP) is 5.94. The third-order valence-electron chi connectivity index (χ3n) is 5.59. The average Bonchev–Trinajstić information content (AvgIpc) is 2.80. The first-order chi connectivity index (χ1) is 14.9. The number of aryl methyl sites for hydroxylation is 1. The van der Waals surface area contributed by atoms with Crippen molar-refractivity contribution in [3.05, 3.63) is 96.8 Å². The Labute approximate surface area is 192 Å². The molecule has 3 rings (SSSR count). The Bertz CT molecular complexity index is 1060. The van der Waals surface area contributed by atoms with Crippen molar-refractivity contribution in [3.8, 4) is 16.9 Å². The summed E-state index contributed by atoms with van der Waals surface area (Å²) < 4.78 is 14.3. The Hall–Kier alpha value is -2.80. The Morgan fingerprint density at radius 3 is 2.29 bits per heavy atom. The molecule has 1 aromatic heterocycles. The molecule has 1 heterocycles. The van der Waals surface area contributed by atoms with Crippen LogP contribution in [0, 0.1) is 6.92 Å². The van der Waals surface area contributed by atoms with Gasteiger partial charge in [-0.25, -0.2) is 0 Å². The molecular formula is C27H30AlNO2+. The van der Waals surface area contributed by atoms with E-state index in [4.69, 9.17) is 8.53 Å². The summed E-state index contributed by atoms with van der Waals surface area (Å²) in [5.74, 6) is 1.50. The summed E-state index contributed by atoms with van der Waals surface area (Å²) in [5, 5.41) is 0. The van der Waals surface area contributed by atoms with Crippen molar-refractivity contribution in [2.75, 3.05) is 0 Å². The van der Waals surface area contributed by atoms with Gasteiger partial charge in [0.05, 0.1) is 10.2 Å². The molecular weight excluding hydrogens is 397 g/mol. The zero-order valence-corrected chi connectivity index (χ0v) is 20.0. The van der Waals surface area contributed by atoms with Gasteiger partial charge in [-0.1, -0.05) is 62.0 Å². The highest BCUT2D eigenvalue weighted by Crippen LogP contribution is 2.27. The molecule has 1 radical (unpaired) electrons. The Morgan fingerprint density at radius 1 is 1.03 bits per heavy atom. The van der Waals surface area contributed by atoms with Crippen LogP contribution >= 0.6 is 0 Å². The van der Waals surface area contributed by atoms with E-state index in [1.807, 2.05) is 49.5 Å². The minimum atomic E-state index is -0.461. The van der Waals surface area contributed by atoms with Crippen molar-refractivity contribution in [1.82, 2.24) is 0 Å². The van der Waals surface area contributed by atoms with E-state index in [2.05, 4.69) is 68.8 Å². The van der Waals surface area contributed by atoms with Gasteiger partial charge in [-0.2, -0.15) is 4.57 Å². The van der Waals surface area contributed by atoms with Gasteiger partial charge < -0.3 is 8.53 Å². The molecule has 157 valence electrons. The molecule has 3 nitrogen and oxygen atoms in total. The van der Waals surface area contributed by atoms with Crippen LogP contribution in [0.5, 0.6) is 5.75 Å². The molecule has 0 aliphatic carbocycles. The van der Waals surface area contributed by atoms with Gasteiger partial charge >= 0.3 is 15.6 Å². The number of hydrogen-bond donors (Lipinski definition) is 0. The van der Waals surface area contributed by atoms with Gasteiger partial charge in [-0.15, -0.1) is 0 Å². The van der Waals surface area contributed by atoms with Gasteiger partial charge in [-0.3, -0.25) is 0 Å². The maximum absolute atomic E-state index is 6.42. The van der Waals surface area contributed by atoms with Gasteiger partial charge in [0, 0.05) is 18.6 Å². The SMILES string of the molecule is C=Cc1ccc(C)[n+](C)c1C(=C)O[C](C)(CC)[Al][O]c1ccc(-c2ccccc2)cc1.